The van der Waals surface area contributed by atoms with Gasteiger partial charge in [-0.3, -0.25) is 14.6 Å². The summed E-state index contributed by atoms with van der Waals surface area (Å²) in [5, 5.41) is 3.55. The Morgan fingerprint density at radius 3 is 2.57 bits per heavy atom. The van der Waals surface area contributed by atoms with Crippen molar-refractivity contribution in [3.8, 4) is 11.5 Å². The Balaban J connectivity index is 2.01. The van der Waals surface area contributed by atoms with Crippen molar-refractivity contribution in [2.45, 2.75) is 6.54 Å². The van der Waals surface area contributed by atoms with Gasteiger partial charge in [0.05, 0.1) is 31.7 Å². The smallest absolute Gasteiger partial charge is 0.271 e. The molecule has 0 atom stereocenters. The van der Waals surface area contributed by atoms with Crippen LogP contribution in [-0.4, -0.2) is 24.0 Å². The van der Waals surface area contributed by atoms with Crippen molar-refractivity contribution in [2.24, 2.45) is 0 Å². The minimum absolute atomic E-state index is 0.0777. The molecule has 5 nitrogen and oxygen atoms in total. The van der Waals surface area contributed by atoms with Gasteiger partial charge in [-0.1, -0.05) is 18.2 Å². The quantitative estimate of drug-likeness (QED) is 0.800. The van der Waals surface area contributed by atoms with Crippen LogP contribution in [0.5, 0.6) is 11.5 Å². The number of aromatic amines is 1. The van der Waals surface area contributed by atoms with Gasteiger partial charge >= 0.3 is 0 Å². The molecule has 1 N–H and O–H groups in total. The van der Waals surface area contributed by atoms with Gasteiger partial charge in [0, 0.05) is 0 Å². The van der Waals surface area contributed by atoms with Crippen molar-refractivity contribution in [1.82, 2.24) is 9.78 Å². The molecule has 0 amide bonds. The minimum atomic E-state index is -0.0777. The molecule has 0 radical (unpaired) electrons. The van der Waals surface area contributed by atoms with Crippen LogP contribution in [0, 0.1) is 0 Å². The minimum Gasteiger partial charge on any atom is -0.493 e. The number of hydrogen-bond acceptors (Lipinski definition) is 3. The first kappa shape index (κ1) is 13.3. The number of nitrogens with zero attached hydrogens (tertiary/aromatic N) is 1. The Bertz CT molecular complexity index is 833. The molecule has 3 aromatic rings. The number of nitrogens with one attached hydrogen (secondary N) is 1. The van der Waals surface area contributed by atoms with Crippen LogP contribution in [0.15, 0.2) is 47.3 Å². The van der Waals surface area contributed by atoms with Crippen LogP contribution >= 0.6 is 0 Å². The van der Waals surface area contributed by atoms with Crippen molar-refractivity contribution < 1.29 is 9.47 Å². The molecule has 0 saturated heterocycles. The molecule has 2 aromatic carbocycles. The first-order chi connectivity index (χ1) is 10.2. The monoisotopic (exact) mass is 284 g/mol. The van der Waals surface area contributed by atoms with E-state index in [4.69, 9.17) is 9.47 Å². The molecule has 21 heavy (non-hydrogen) atoms. The average Bonchev–Trinajstić information content (AvgIpc) is 2.84. The van der Waals surface area contributed by atoms with Gasteiger partial charge in [0.25, 0.3) is 5.56 Å². The maximum Gasteiger partial charge on any atom is 0.271 e. The highest BCUT2D eigenvalue weighted by molar-refractivity contribution is 5.78. The average molecular weight is 284 g/mol. The van der Waals surface area contributed by atoms with Crippen molar-refractivity contribution in [1.29, 1.82) is 0 Å². The molecular formula is C16H16N2O3. The molecule has 5 heteroatoms. The van der Waals surface area contributed by atoms with Gasteiger partial charge in [-0.15, -0.1) is 0 Å². The number of rotatable bonds is 4. The van der Waals surface area contributed by atoms with E-state index in [9.17, 15) is 4.79 Å². The predicted octanol–water partition coefficient (Wildman–Crippen LogP) is 2.40. The van der Waals surface area contributed by atoms with E-state index in [0.717, 1.165) is 11.1 Å². The second kappa shape index (κ2) is 5.36. The summed E-state index contributed by atoms with van der Waals surface area (Å²) in [6.07, 6.45) is 0. The SMILES string of the molecule is COc1ccc(Cn2[nH]c(=O)c3ccccc32)cc1OC. The third-order valence-corrected chi connectivity index (χ3v) is 3.46. The number of para-hydroxylation sites is 1. The zero-order valence-electron chi connectivity index (χ0n) is 11.9. The molecule has 0 spiro atoms. The fraction of sp³-hybridized carbons (Fsp3) is 0.188. The van der Waals surface area contributed by atoms with Gasteiger partial charge < -0.3 is 9.47 Å². The highest BCUT2D eigenvalue weighted by Crippen LogP contribution is 2.28. The third-order valence-electron chi connectivity index (χ3n) is 3.46. The molecule has 0 fully saturated rings. The van der Waals surface area contributed by atoms with Gasteiger partial charge in [-0.2, -0.15) is 0 Å². The lowest BCUT2D eigenvalue weighted by molar-refractivity contribution is 0.354. The highest BCUT2D eigenvalue weighted by atomic mass is 16.5. The number of methoxy groups -OCH3 is 2. The first-order valence-corrected chi connectivity index (χ1v) is 6.61. The van der Waals surface area contributed by atoms with E-state index in [1.165, 1.54) is 0 Å². The summed E-state index contributed by atoms with van der Waals surface area (Å²) >= 11 is 0. The summed E-state index contributed by atoms with van der Waals surface area (Å²) in [4.78, 5) is 11.9. The summed E-state index contributed by atoms with van der Waals surface area (Å²) < 4.78 is 12.4. The Morgan fingerprint density at radius 2 is 1.81 bits per heavy atom. The Morgan fingerprint density at radius 1 is 1.05 bits per heavy atom. The van der Waals surface area contributed by atoms with E-state index in [2.05, 4.69) is 5.10 Å². The Labute approximate surface area is 121 Å². The molecule has 1 aromatic heterocycles. The van der Waals surface area contributed by atoms with E-state index < -0.39 is 0 Å². The molecule has 0 bridgehead atoms. The topological polar surface area (TPSA) is 56.2 Å². The molecule has 0 aliphatic carbocycles. The molecule has 3 rings (SSSR count). The summed E-state index contributed by atoms with van der Waals surface area (Å²) in [5.74, 6) is 1.36. The maximum absolute atomic E-state index is 11.9. The lowest BCUT2D eigenvalue weighted by atomic mass is 10.2. The van der Waals surface area contributed by atoms with Crippen LogP contribution in [-0.2, 0) is 6.54 Å². The summed E-state index contributed by atoms with van der Waals surface area (Å²) in [7, 11) is 3.21. The van der Waals surface area contributed by atoms with Crippen LogP contribution in [0.2, 0.25) is 0 Å². The number of benzene rings is 2. The van der Waals surface area contributed by atoms with Crippen LogP contribution in [0.1, 0.15) is 5.56 Å². The summed E-state index contributed by atoms with van der Waals surface area (Å²) in [6.45, 7) is 0.559. The molecule has 0 aliphatic heterocycles. The number of ether oxygens (including phenoxy) is 2. The van der Waals surface area contributed by atoms with Crippen LogP contribution < -0.4 is 15.0 Å². The van der Waals surface area contributed by atoms with E-state index in [-0.39, 0.29) is 5.56 Å². The van der Waals surface area contributed by atoms with E-state index in [0.29, 0.717) is 23.4 Å². The first-order valence-electron chi connectivity index (χ1n) is 6.61. The van der Waals surface area contributed by atoms with Crippen molar-refractivity contribution >= 4 is 10.9 Å². The van der Waals surface area contributed by atoms with Gasteiger partial charge in [0.2, 0.25) is 0 Å². The van der Waals surface area contributed by atoms with Crippen molar-refractivity contribution in [2.75, 3.05) is 14.2 Å². The molecule has 0 unspecified atom stereocenters. The van der Waals surface area contributed by atoms with Gasteiger partial charge in [-0.05, 0) is 29.8 Å². The van der Waals surface area contributed by atoms with Gasteiger partial charge in [0.1, 0.15) is 0 Å². The second-order valence-corrected chi connectivity index (χ2v) is 4.73. The largest absolute Gasteiger partial charge is 0.493 e. The molecule has 108 valence electrons. The van der Waals surface area contributed by atoms with Crippen LogP contribution in [0.25, 0.3) is 10.9 Å². The lowest BCUT2D eigenvalue weighted by Gasteiger charge is -2.10. The number of hydrogen-bond donors (Lipinski definition) is 1. The normalized spacial score (nSPS) is 10.8. The van der Waals surface area contributed by atoms with Crippen LogP contribution in [0.4, 0.5) is 0 Å². The van der Waals surface area contributed by atoms with Crippen molar-refractivity contribution in [3.05, 3.63) is 58.4 Å². The summed E-state index contributed by atoms with van der Waals surface area (Å²) in [6, 6.07) is 13.2. The number of fused-ring (bicyclic) bond motifs is 1. The number of H-pyrrole nitrogens is 1. The Kier molecular flexibility index (Phi) is 3.39. The fourth-order valence-corrected chi connectivity index (χ4v) is 2.43. The third kappa shape index (κ3) is 2.38. The summed E-state index contributed by atoms with van der Waals surface area (Å²) in [5.41, 5.74) is 1.83. The standard InChI is InChI=1S/C16H16N2O3/c1-20-14-8-7-11(9-15(14)21-2)10-18-13-6-4-3-5-12(13)16(19)17-18/h3-9H,10H2,1-2H3,(H,17,19). The molecule has 0 saturated carbocycles. The zero-order chi connectivity index (χ0) is 14.8. The zero-order valence-corrected chi connectivity index (χ0v) is 11.9. The lowest BCUT2D eigenvalue weighted by Crippen LogP contribution is -2.07. The highest BCUT2D eigenvalue weighted by Gasteiger charge is 2.08. The van der Waals surface area contributed by atoms with Crippen molar-refractivity contribution in [3.63, 3.8) is 0 Å². The molecule has 0 aliphatic rings. The van der Waals surface area contributed by atoms with E-state index in [1.807, 2.05) is 47.1 Å². The van der Waals surface area contributed by atoms with E-state index in [1.54, 1.807) is 14.2 Å². The second-order valence-electron chi connectivity index (χ2n) is 4.73. The molecular weight excluding hydrogens is 268 g/mol. The van der Waals surface area contributed by atoms with Crippen LogP contribution in [0.3, 0.4) is 0 Å². The van der Waals surface area contributed by atoms with E-state index >= 15 is 0 Å². The maximum atomic E-state index is 11.9. The Hall–Kier alpha value is -2.69. The predicted molar refractivity (Wildman–Crippen MR) is 81.2 cm³/mol. The van der Waals surface area contributed by atoms with Gasteiger partial charge in [0.15, 0.2) is 11.5 Å². The fourth-order valence-electron chi connectivity index (χ4n) is 2.43. The number of aromatic nitrogens is 2. The van der Waals surface area contributed by atoms with Gasteiger partial charge in [-0.25, -0.2) is 0 Å². The molecule has 1 heterocycles.